The molecule has 0 saturated carbocycles. The third-order valence-electron chi connectivity index (χ3n) is 5.10. The van der Waals surface area contributed by atoms with Crippen LogP contribution in [0.15, 0.2) is 36.4 Å². The number of carbonyl (C=O) groups is 1. The van der Waals surface area contributed by atoms with E-state index < -0.39 is 0 Å². The fraction of sp³-hybridized carbons (Fsp3) is 0.409. The lowest BCUT2D eigenvalue weighted by Gasteiger charge is -2.29. The first-order valence-corrected chi connectivity index (χ1v) is 9.73. The molecular formula is C22H30ClN3O4. The first-order valence-electron chi connectivity index (χ1n) is 9.73. The zero-order valence-corrected chi connectivity index (χ0v) is 18.5. The van der Waals surface area contributed by atoms with Crippen molar-refractivity contribution >= 4 is 24.0 Å². The molecule has 1 heterocycles. The number of nitrogens with two attached hydrogens (primary N) is 1. The highest BCUT2D eigenvalue weighted by Gasteiger charge is 2.25. The van der Waals surface area contributed by atoms with Crippen LogP contribution < -0.4 is 19.9 Å². The van der Waals surface area contributed by atoms with E-state index >= 15 is 0 Å². The monoisotopic (exact) mass is 435 g/mol. The Morgan fingerprint density at radius 3 is 2.60 bits per heavy atom. The number of carbonyl (C=O) groups excluding carboxylic acids is 1. The second kappa shape index (κ2) is 10.9. The summed E-state index contributed by atoms with van der Waals surface area (Å²) < 4.78 is 16.3. The van der Waals surface area contributed by atoms with Crippen LogP contribution in [-0.4, -0.2) is 63.3 Å². The Morgan fingerprint density at radius 2 is 1.87 bits per heavy atom. The number of halogens is 1. The second-order valence-corrected chi connectivity index (χ2v) is 7.19. The molecule has 2 aromatic carbocycles. The number of anilines is 1. The Balaban J connectivity index is 0.00000320. The lowest BCUT2D eigenvalue weighted by atomic mass is 10.1. The molecule has 8 heteroatoms. The topological polar surface area (TPSA) is 77.3 Å². The Morgan fingerprint density at radius 1 is 1.10 bits per heavy atom. The maximum absolute atomic E-state index is 12.6. The molecule has 0 aromatic heterocycles. The van der Waals surface area contributed by atoms with Crippen LogP contribution in [0.2, 0.25) is 0 Å². The highest BCUT2D eigenvalue weighted by Crippen LogP contribution is 2.28. The number of hydrogen-bond acceptors (Lipinski definition) is 6. The van der Waals surface area contributed by atoms with Gasteiger partial charge in [-0.05, 0) is 62.3 Å². The van der Waals surface area contributed by atoms with Crippen LogP contribution in [0, 0.1) is 0 Å². The molecule has 0 bridgehead atoms. The van der Waals surface area contributed by atoms with Crippen LogP contribution >= 0.6 is 12.4 Å². The lowest BCUT2D eigenvalue weighted by Crippen LogP contribution is -2.40. The highest BCUT2D eigenvalue weighted by atomic mass is 35.5. The minimum Gasteiger partial charge on any atom is -0.493 e. The molecule has 1 amide bonds. The zero-order chi connectivity index (χ0) is 20.8. The molecule has 0 spiro atoms. The van der Waals surface area contributed by atoms with Gasteiger partial charge in [-0.2, -0.15) is 0 Å². The van der Waals surface area contributed by atoms with Crippen LogP contribution in [0.3, 0.4) is 0 Å². The van der Waals surface area contributed by atoms with Gasteiger partial charge in [-0.1, -0.05) is 6.07 Å². The third-order valence-corrected chi connectivity index (χ3v) is 5.10. The van der Waals surface area contributed by atoms with Crippen molar-refractivity contribution < 1.29 is 19.0 Å². The Labute approximate surface area is 184 Å². The van der Waals surface area contributed by atoms with Crippen LogP contribution in [-0.2, 0) is 6.42 Å². The van der Waals surface area contributed by atoms with E-state index in [1.54, 1.807) is 37.3 Å². The minimum absolute atomic E-state index is 0. The van der Waals surface area contributed by atoms with E-state index in [1.807, 2.05) is 12.1 Å². The summed E-state index contributed by atoms with van der Waals surface area (Å²) in [5, 5.41) is 0. The Kier molecular flexibility index (Phi) is 8.62. The van der Waals surface area contributed by atoms with Gasteiger partial charge in [0.15, 0.2) is 18.2 Å². The van der Waals surface area contributed by atoms with Crippen molar-refractivity contribution in [3.8, 4) is 17.2 Å². The van der Waals surface area contributed by atoms with Crippen molar-refractivity contribution in [2.45, 2.75) is 12.8 Å². The smallest absolute Gasteiger partial charge is 0.260 e. The van der Waals surface area contributed by atoms with Gasteiger partial charge in [-0.3, -0.25) is 4.79 Å². The molecule has 7 nitrogen and oxygen atoms in total. The van der Waals surface area contributed by atoms with Gasteiger partial charge in [0.2, 0.25) is 0 Å². The van der Waals surface area contributed by atoms with E-state index in [0.717, 1.165) is 37.4 Å². The molecule has 1 aliphatic heterocycles. The van der Waals surface area contributed by atoms with E-state index in [1.165, 1.54) is 5.56 Å². The van der Waals surface area contributed by atoms with E-state index in [2.05, 4.69) is 18.0 Å². The first kappa shape index (κ1) is 23.6. The third kappa shape index (κ3) is 5.70. The van der Waals surface area contributed by atoms with Crippen molar-refractivity contribution in [2.24, 2.45) is 0 Å². The van der Waals surface area contributed by atoms with Crippen LogP contribution in [0.1, 0.15) is 22.3 Å². The van der Waals surface area contributed by atoms with E-state index in [4.69, 9.17) is 19.9 Å². The van der Waals surface area contributed by atoms with Crippen molar-refractivity contribution in [1.82, 2.24) is 9.80 Å². The van der Waals surface area contributed by atoms with Gasteiger partial charge < -0.3 is 29.7 Å². The van der Waals surface area contributed by atoms with Crippen LogP contribution in [0.4, 0.5) is 5.69 Å². The molecule has 2 aromatic rings. The van der Waals surface area contributed by atoms with Crippen LogP contribution in [0.25, 0.3) is 0 Å². The largest absolute Gasteiger partial charge is 0.493 e. The molecule has 0 radical (unpaired) electrons. The number of methoxy groups -OCH3 is 2. The molecule has 30 heavy (non-hydrogen) atoms. The summed E-state index contributed by atoms with van der Waals surface area (Å²) in [4.78, 5) is 16.6. The predicted octanol–water partition coefficient (Wildman–Crippen LogP) is 3.06. The lowest BCUT2D eigenvalue weighted by molar-refractivity contribution is 0.0512. The SMILES string of the molecule is COc1ccc(CCN(C)CCCN2COc3ccc(N)cc3C2=O)cc1OC.Cl. The molecule has 3 rings (SSSR count). The number of fused-ring (bicyclic) bond motifs is 1. The molecule has 0 aliphatic carbocycles. The predicted molar refractivity (Wildman–Crippen MR) is 120 cm³/mol. The quantitative estimate of drug-likeness (QED) is 0.610. The molecule has 0 fully saturated rings. The summed E-state index contributed by atoms with van der Waals surface area (Å²) in [7, 11) is 5.37. The molecule has 2 N–H and O–H groups in total. The number of hydrogen-bond donors (Lipinski definition) is 1. The Bertz CT molecular complexity index is 862. The average Bonchev–Trinajstić information content (AvgIpc) is 2.74. The maximum atomic E-state index is 12.6. The van der Waals surface area contributed by atoms with Gasteiger partial charge in [-0.25, -0.2) is 0 Å². The number of nitrogen functional groups attached to an aromatic ring is 1. The van der Waals surface area contributed by atoms with Gasteiger partial charge >= 0.3 is 0 Å². The van der Waals surface area contributed by atoms with Crippen molar-refractivity contribution in [2.75, 3.05) is 53.4 Å². The van der Waals surface area contributed by atoms with Gasteiger partial charge in [0, 0.05) is 18.8 Å². The molecule has 1 aliphatic rings. The maximum Gasteiger partial charge on any atom is 0.260 e. The zero-order valence-electron chi connectivity index (χ0n) is 17.7. The summed E-state index contributed by atoms with van der Waals surface area (Å²) in [5.74, 6) is 2.07. The number of benzene rings is 2. The van der Waals surface area contributed by atoms with Gasteiger partial charge in [-0.15, -0.1) is 12.4 Å². The van der Waals surface area contributed by atoms with Crippen molar-refractivity contribution in [3.05, 3.63) is 47.5 Å². The molecule has 0 atom stereocenters. The summed E-state index contributed by atoms with van der Waals surface area (Å²) >= 11 is 0. The standard InChI is InChI=1S/C22H29N3O4.ClH/c1-24(12-9-16-5-7-20(27-2)21(13-16)28-3)10-4-11-25-15-29-19-8-6-17(23)14-18(19)22(25)26;/h5-8,13-14H,4,9-12,15,23H2,1-3H3;1H. The fourth-order valence-electron chi connectivity index (χ4n) is 3.38. The summed E-state index contributed by atoms with van der Waals surface area (Å²) in [6, 6.07) is 11.2. The van der Waals surface area contributed by atoms with Crippen molar-refractivity contribution in [3.63, 3.8) is 0 Å². The highest BCUT2D eigenvalue weighted by molar-refractivity contribution is 5.98. The van der Waals surface area contributed by atoms with E-state index in [9.17, 15) is 4.79 Å². The molecular weight excluding hydrogens is 406 g/mol. The Hall–Kier alpha value is -2.64. The van der Waals surface area contributed by atoms with E-state index in [0.29, 0.717) is 23.5 Å². The number of ether oxygens (including phenoxy) is 3. The molecule has 0 unspecified atom stereocenters. The van der Waals surface area contributed by atoms with Crippen molar-refractivity contribution in [1.29, 1.82) is 0 Å². The average molecular weight is 436 g/mol. The van der Waals surface area contributed by atoms with Crippen LogP contribution in [0.5, 0.6) is 17.2 Å². The summed E-state index contributed by atoms with van der Waals surface area (Å²) in [6.45, 7) is 2.74. The molecule has 0 saturated heterocycles. The van der Waals surface area contributed by atoms with E-state index in [-0.39, 0.29) is 25.0 Å². The normalized spacial score (nSPS) is 12.8. The van der Waals surface area contributed by atoms with Gasteiger partial charge in [0.1, 0.15) is 5.75 Å². The minimum atomic E-state index is -0.0217. The fourth-order valence-corrected chi connectivity index (χ4v) is 3.38. The summed E-state index contributed by atoms with van der Waals surface area (Å²) in [6.07, 6.45) is 1.78. The number of rotatable bonds is 9. The number of nitrogens with zero attached hydrogens (tertiary/aromatic N) is 2. The number of likely N-dealkylation sites (N-methyl/N-ethyl adjacent to an activating group) is 1. The second-order valence-electron chi connectivity index (χ2n) is 7.19. The van der Waals surface area contributed by atoms with Gasteiger partial charge in [0.25, 0.3) is 5.91 Å². The molecule has 164 valence electrons. The first-order chi connectivity index (χ1) is 14.0. The van der Waals surface area contributed by atoms with Gasteiger partial charge in [0.05, 0.1) is 19.8 Å². The summed E-state index contributed by atoms with van der Waals surface area (Å²) in [5.41, 5.74) is 8.10. The number of amides is 1.